The van der Waals surface area contributed by atoms with Crippen LogP contribution in [0.1, 0.15) is 41.7 Å². The summed E-state index contributed by atoms with van der Waals surface area (Å²) in [6.07, 6.45) is 5.24. The van der Waals surface area contributed by atoms with Crippen LogP contribution in [0.5, 0.6) is 0 Å². The van der Waals surface area contributed by atoms with Crippen LogP contribution in [-0.2, 0) is 18.4 Å². The van der Waals surface area contributed by atoms with Crippen molar-refractivity contribution in [2.45, 2.75) is 43.9 Å². The monoisotopic (exact) mass is 453 g/mol. The molecule has 1 amide bonds. The highest BCUT2D eigenvalue weighted by Crippen LogP contribution is 2.39. The lowest BCUT2D eigenvalue weighted by molar-refractivity contribution is -0.192. The smallest absolute Gasteiger partial charge is 0.475 e. The minimum absolute atomic E-state index is 0.0623. The number of hydrogen-bond donors (Lipinski definition) is 1. The number of carbonyl (C=O) groups excluding carboxylic acids is 1. The summed E-state index contributed by atoms with van der Waals surface area (Å²) in [7, 11) is 1.96. The van der Waals surface area contributed by atoms with Crippen molar-refractivity contribution in [2.24, 2.45) is 7.05 Å². The molecule has 0 saturated carbocycles. The van der Waals surface area contributed by atoms with Crippen molar-refractivity contribution >= 4 is 11.9 Å². The number of carboxylic acids is 1. The molecule has 2 aromatic heterocycles. The molecular weight excluding hydrogens is 427 g/mol. The molecule has 174 valence electrons. The second-order valence-electron chi connectivity index (χ2n) is 8.08. The van der Waals surface area contributed by atoms with Gasteiger partial charge in [0.05, 0.1) is 6.20 Å². The summed E-state index contributed by atoms with van der Waals surface area (Å²) in [5.41, 5.74) is 2.07. The van der Waals surface area contributed by atoms with E-state index in [1.807, 2.05) is 35.0 Å². The van der Waals surface area contributed by atoms with Crippen LogP contribution < -0.4 is 0 Å². The van der Waals surface area contributed by atoms with E-state index in [0.717, 1.165) is 39.0 Å². The van der Waals surface area contributed by atoms with E-state index < -0.39 is 12.1 Å². The third-order valence-electron chi connectivity index (χ3n) is 5.98. The lowest BCUT2D eigenvalue weighted by Gasteiger charge is -2.45. The molecule has 32 heavy (non-hydrogen) atoms. The molecule has 2 saturated heterocycles. The fourth-order valence-electron chi connectivity index (χ4n) is 4.36. The van der Waals surface area contributed by atoms with Crippen LogP contribution >= 0.6 is 0 Å². The van der Waals surface area contributed by atoms with E-state index in [-0.39, 0.29) is 11.4 Å². The number of amides is 1. The Hall–Kier alpha value is -2.95. The first-order valence-corrected chi connectivity index (χ1v) is 10.3. The van der Waals surface area contributed by atoms with Gasteiger partial charge in [-0.2, -0.15) is 18.3 Å². The number of piperidine rings is 1. The maximum Gasteiger partial charge on any atom is 0.490 e. The Kier molecular flexibility index (Phi) is 7.17. The first kappa shape index (κ1) is 23.7. The predicted octanol–water partition coefficient (Wildman–Crippen LogP) is 2.72. The standard InChI is InChI=1S/C19H25N5O.C2HF3O2/c1-22-14-16(13-21-22)15-24-10-4-6-19(24)7-11-23(12-8-19)18(25)17-5-2-3-9-20-17;3-2(4,5)1(6)7/h2-3,5,9,13-14H,4,6-8,10-12,15H2,1H3;(H,6,7). The van der Waals surface area contributed by atoms with E-state index in [9.17, 15) is 18.0 Å². The highest BCUT2D eigenvalue weighted by Gasteiger charge is 2.43. The first-order chi connectivity index (χ1) is 15.1. The highest BCUT2D eigenvalue weighted by molar-refractivity contribution is 5.92. The average molecular weight is 453 g/mol. The number of pyridine rings is 1. The molecule has 0 unspecified atom stereocenters. The minimum Gasteiger partial charge on any atom is -0.475 e. The Morgan fingerprint density at radius 2 is 1.84 bits per heavy atom. The molecule has 1 N–H and O–H groups in total. The van der Waals surface area contributed by atoms with Crippen LogP contribution in [0, 0.1) is 0 Å². The Labute approximate surface area is 183 Å². The first-order valence-electron chi connectivity index (χ1n) is 10.3. The van der Waals surface area contributed by atoms with Crippen LogP contribution in [0.15, 0.2) is 36.8 Å². The molecule has 1 spiro atoms. The molecule has 4 rings (SSSR count). The zero-order chi connectivity index (χ0) is 23.4. The summed E-state index contributed by atoms with van der Waals surface area (Å²) in [4.78, 5) is 30.3. The molecule has 11 heteroatoms. The Balaban J connectivity index is 0.000000360. The van der Waals surface area contributed by atoms with Crippen molar-refractivity contribution < 1.29 is 27.9 Å². The van der Waals surface area contributed by atoms with Crippen molar-refractivity contribution in [3.05, 3.63) is 48.0 Å². The normalized spacial score (nSPS) is 18.3. The Bertz CT molecular complexity index is 924. The van der Waals surface area contributed by atoms with E-state index >= 15 is 0 Å². The van der Waals surface area contributed by atoms with Gasteiger partial charge in [-0.15, -0.1) is 0 Å². The van der Waals surface area contributed by atoms with E-state index in [2.05, 4.69) is 21.2 Å². The molecule has 2 aromatic rings. The van der Waals surface area contributed by atoms with Gasteiger partial charge in [0.25, 0.3) is 5.91 Å². The molecule has 0 bridgehead atoms. The number of aliphatic carboxylic acids is 1. The minimum atomic E-state index is -5.08. The van der Waals surface area contributed by atoms with Gasteiger partial charge in [-0.05, 0) is 44.4 Å². The SMILES string of the molecule is Cn1cc(CN2CCCC23CCN(C(=O)c2ccccn2)CC3)cn1.O=C(O)C(F)(F)F. The largest absolute Gasteiger partial charge is 0.490 e. The van der Waals surface area contributed by atoms with E-state index in [0.29, 0.717) is 5.69 Å². The van der Waals surface area contributed by atoms with Crippen LogP contribution in [0.25, 0.3) is 0 Å². The van der Waals surface area contributed by atoms with Gasteiger partial charge in [0.2, 0.25) is 0 Å². The number of aryl methyl sites for hydroxylation is 1. The van der Waals surface area contributed by atoms with Crippen molar-refractivity contribution in [1.82, 2.24) is 24.6 Å². The van der Waals surface area contributed by atoms with Crippen LogP contribution in [0.2, 0.25) is 0 Å². The molecule has 2 aliphatic heterocycles. The summed E-state index contributed by atoms with van der Waals surface area (Å²) < 4.78 is 33.6. The van der Waals surface area contributed by atoms with E-state index in [1.165, 1.54) is 18.4 Å². The molecule has 0 radical (unpaired) electrons. The van der Waals surface area contributed by atoms with Crippen molar-refractivity contribution in [3.8, 4) is 0 Å². The molecular formula is C21H26F3N5O3. The van der Waals surface area contributed by atoms with Gasteiger partial charge in [-0.3, -0.25) is 19.4 Å². The molecule has 0 aliphatic carbocycles. The maximum absolute atomic E-state index is 12.6. The molecule has 2 fully saturated rings. The average Bonchev–Trinajstić information content (AvgIpc) is 3.35. The lowest BCUT2D eigenvalue weighted by atomic mass is 9.84. The molecule has 2 aliphatic rings. The number of hydrogen-bond acceptors (Lipinski definition) is 5. The highest BCUT2D eigenvalue weighted by atomic mass is 19.4. The number of likely N-dealkylation sites (tertiary alicyclic amines) is 2. The zero-order valence-electron chi connectivity index (χ0n) is 17.8. The zero-order valence-corrected chi connectivity index (χ0v) is 17.8. The number of carboxylic acid groups (broad SMARTS) is 1. The predicted molar refractivity (Wildman–Crippen MR) is 109 cm³/mol. The number of nitrogens with zero attached hydrogens (tertiary/aromatic N) is 5. The number of alkyl halides is 3. The van der Waals surface area contributed by atoms with Crippen LogP contribution in [0.3, 0.4) is 0 Å². The topological polar surface area (TPSA) is 91.6 Å². The van der Waals surface area contributed by atoms with Crippen molar-refractivity contribution in [2.75, 3.05) is 19.6 Å². The number of carbonyl (C=O) groups is 2. The summed E-state index contributed by atoms with van der Waals surface area (Å²) in [6, 6.07) is 5.52. The quantitative estimate of drug-likeness (QED) is 0.769. The number of rotatable bonds is 3. The molecule has 0 atom stereocenters. The van der Waals surface area contributed by atoms with Gasteiger partial charge >= 0.3 is 12.1 Å². The molecule has 0 aromatic carbocycles. The van der Waals surface area contributed by atoms with Gasteiger partial charge in [-0.25, -0.2) is 4.79 Å². The fraction of sp³-hybridized carbons (Fsp3) is 0.524. The van der Waals surface area contributed by atoms with E-state index in [1.54, 1.807) is 12.3 Å². The Morgan fingerprint density at radius 3 is 2.38 bits per heavy atom. The number of halogens is 3. The van der Waals surface area contributed by atoms with Crippen LogP contribution in [0.4, 0.5) is 13.2 Å². The lowest BCUT2D eigenvalue weighted by Crippen LogP contribution is -2.53. The maximum atomic E-state index is 12.6. The molecule has 8 nitrogen and oxygen atoms in total. The second kappa shape index (κ2) is 9.68. The summed E-state index contributed by atoms with van der Waals surface area (Å²) in [5.74, 6) is -2.69. The van der Waals surface area contributed by atoms with Gasteiger partial charge < -0.3 is 10.0 Å². The molecule has 4 heterocycles. The summed E-state index contributed by atoms with van der Waals surface area (Å²) in [6.45, 7) is 3.74. The second-order valence-corrected chi connectivity index (χ2v) is 8.08. The van der Waals surface area contributed by atoms with Crippen molar-refractivity contribution in [3.63, 3.8) is 0 Å². The Morgan fingerprint density at radius 1 is 1.16 bits per heavy atom. The van der Waals surface area contributed by atoms with Gasteiger partial charge in [-0.1, -0.05) is 6.07 Å². The third kappa shape index (κ3) is 5.64. The van der Waals surface area contributed by atoms with E-state index in [4.69, 9.17) is 9.90 Å². The third-order valence-corrected chi connectivity index (χ3v) is 5.98. The van der Waals surface area contributed by atoms with Gasteiger partial charge in [0, 0.05) is 50.2 Å². The van der Waals surface area contributed by atoms with Crippen LogP contribution in [-0.4, -0.2) is 72.9 Å². The van der Waals surface area contributed by atoms with Gasteiger partial charge in [0.1, 0.15) is 5.69 Å². The van der Waals surface area contributed by atoms with Gasteiger partial charge in [0.15, 0.2) is 0 Å². The summed E-state index contributed by atoms with van der Waals surface area (Å²) in [5, 5.41) is 11.4. The summed E-state index contributed by atoms with van der Waals surface area (Å²) >= 11 is 0. The number of aromatic nitrogens is 3. The fourth-order valence-corrected chi connectivity index (χ4v) is 4.36. The van der Waals surface area contributed by atoms with Crippen molar-refractivity contribution in [1.29, 1.82) is 0 Å².